The Kier molecular flexibility index (Phi) is 6.23. The average molecular weight is 416 g/mol. The maximum Gasteiger partial charge on any atom is 0.416 e. The molecule has 0 saturated carbocycles. The molecular weight excluding hydrogens is 397 g/mol. The molecule has 0 radical (unpaired) electrons. The molecule has 0 aliphatic rings. The van der Waals surface area contributed by atoms with Crippen LogP contribution in [0.15, 0.2) is 48.5 Å². The maximum absolute atomic E-state index is 12.8. The lowest BCUT2D eigenvalue weighted by Gasteiger charge is -2.28. The number of rotatable bonds is 6. The minimum atomic E-state index is -4.56. The molecule has 0 fully saturated rings. The Morgan fingerprint density at radius 2 is 1.79 bits per heavy atom. The summed E-state index contributed by atoms with van der Waals surface area (Å²) in [6.07, 6.45) is -3.63. The number of hydrogen-bond donors (Lipinski definition) is 1. The summed E-state index contributed by atoms with van der Waals surface area (Å²) in [4.78, 5) is 12.6. The van der Waals surface area contributed by atoms with Gasteiger partial charge in [0.1, 0.15) is 11.8 Å². The number of benzene rings is 2. The molecule has 2 aromatic rings. The number of ether oxygens (including phenoxy) is 1. The molecule has 0 saturated heterocycles. The van der Waals surface area contributed by atoms with Crippen molar-refractivity contribution in [2.45, 2.75) is 19.1 Å². The van der Waals surface area contributed by atoms with Crippen molar-refractivity contribution in [2.75, 3.05) is 23.0 Å². The van der Waals surface area contributed by atoms with E-state index in [0.717, 1.165) is 28.8 Å². The summed E-state index contributed by atoms with van der Waals surface area (Å²) < 4.78 is 69.0. The van der Waals surface area contributed by atoms with E-state index in [2.05, 4.69) is 5.32 Å². The molecule has 0 unspecified atom stereocenters. The van der Waals surface area contributed by atoms with Gasteiger partial charge in [-0.25, -0.2) is 8.42 Å². The highest BCUT2D eigenvalue weighted by Gasteiger charge is 2.32. The van der Waals surface area contributed by atoms with Crippen molar-refractivity contribution in [1.82, 2.24) is 0 Å². The van der Waals surface area contributed by atoms with Crippen LogP contribution in [0.4, 0.5) is 24.5 Å². The van der Waals surface area contributed by atoms with Crippen molar-refractivity contribution >= 4 is 27.3 Å². The van der Waals surface area contributed by atoms with Crippen molar-refractivity contribution in [3.63, 3.8) is 0 Å². The molecule has 0 bridgehead atoms. The van der Waals surface area contributed by atoms with E-state index in [1.165, 1.54) is 32.2 Å². The molecule has 0 aliphatic carbocycles. The number of nitrogens with one attached hydrogen (secondary N) is 1. The Hall–Kier alpha value is -2.75. The van der Waals surface area contributed by atoms with Gasteiger partial charge in [-0.15, -0.1) is 0 Å². The van der Waals surface area contributed by atoms with Gasteiger partial charge in [0.25, 0.3) is 0 Å². The van der Waals surface area contributed by atoms with Gasteiger partial charge in [0, 0.05) is 11.8 Å². The molecule has 152 valence electrons. The summed E-state index contributed by atoms with van der Waals surface area (Å²) >= 11 is 0. The highest BCUT2D eigenvalue weighted by atomic mass is 32.2. The molecule has 1 N–H and O–H groups in total. The van der Waals surface area contributed by atoms with E-state index in [1.54, 1.807) is 12.1 Å². The molecule has 0 heterocycles. The van der Waals surface area contributed by atoms with Crippen LogP contribution in [-0.4, -0.2) is 33.7 Å². The number of halogens is 3. The zero-order valence-electron chi connectivity index (χ0n) is 15.3. The second kappa shape index (κ2) is 8.09. The summed E-state index contributed by atoms with van der Waals surface area (Å²) in [6, 6.07) is 8.96. The van der Waals surface area contributed by atoms with E-state index in [1.807, 2.05) is 0 Å². The summed E-state index contributed by atoms with van der Waals surface area (Å²) in [5.74, 6) is -0.399. The maximum atomic E-state index is 12.8. The highest BCUT2D eigenvalue weighted by molar-refractivity contribution is 7.92. The van der Waals surface area contributed by atoms with E-state index in [4.69, 9.17) is 4.74 Å². The Labute approximate surface area is 161 Å². The van der Waals surface area contributed by atoms with Crippen molar-refractivity contribution < 1.29 is 31.1 Å². The Bertz CT molecular complexity index is 961. The summed E-state index contributed by atoms with van der Waals surface area (Å²) in [6.45, 7) is 1.34. The van der Waals surface area contributed by atoms with Crippen LogP contribution in [0, 0.1) is 0 Å². The molecule has 1 atom stereocenters. The predicted molar refractivity (Wildman–Crippen MR) is 99.9 cm³/mol. The average Bonchev–Trinajstić information content (AvgIpc) is 2.60. The number of methoxy groups -OCH3 is 1. The molecule has 2 rings (SSSR count). The van der Waals surface area contributed by atoms with Crippen molar-refractivity contribution in [3.05, 3.63) is 54.1 Å². The van der Waals surface area contributed by atoms with Gasteiger partial charge in [-0.2, -0.15) is 13.2 Å². The van der Waals surface area contributed by atoms with Gasteiger partial charge in [0.05, 0.1) is 24.6 Å². The first-order valence-electron chi connectivity index (χ1n) is 8.05. The van der Waals surface area contributed by atoms with Gasteiger partial charge >= 0.3 is 6.18 Å². The Morgan fingerprint density at radius 1 is 1.14 bits per heavy atom. The normalized spacial score (nSPS) is 12.9. The zero-order valence-corrected chi connectivity index (χ0v) is 16.1. The third-order valence-electron chi connectivity index (χ3n) is 3.85. The number of amides is 1. The monoisotopic (exact) mass is 416 g/mol. The number of carbonyl (C=O) groups excluding carboxylic acids is 1. The number of carbonyl (C=O) groups is 1. The fourth-order valence-electron chi connectivity index (χ4n) is 2.58. The minimum Gasteiger partial charge on any atom is -0.497 e. The number of nitrogens with zero attached hydrogens (tertiary/aromatic N) is 1. The van der Waals surface area contributed by atoms with E-state index >= 15 is 0 Å². The first-order valence-corrected chi connectivity index (χ1v) is 9.90. The van der Waals surface area contributed by atoms with E-state index in [0.29, 0.717) is 5.75 Å². The second-order valence-corrected chi connectivity index (χ2v) is 7.86. The zero-order chi connectivity index (χ0) is 21.1. The van der Waals surface area contributed by atoms with Crippen LogP contribution in [0.5, 0.6) is 5.75 Å². The standard InChI is InChI=1S/C18H19F3N2O4S/c1-12(17(24)22-14-7-4-6-13(10-14)18(19,20)21)23(28(3,25)26)15-8-5-9-16(11-15)27-2/h4-12H,1-3H3,(H,22,24)/t12-/m0/s1. The van der Waals surface area contributed by atoms with Crippen LogP contribution in [0.25, 0.3) is 0 Å². The summed E-state index contributed by atoms with van der Waals surface area (Å²) in [5.41, 5.74) is -0.829. The number of hydrogen-bond acceptors (Lipinski definition) is 4. The van der Waals surface area contributed by atoms with Gasteiger partial charge in [-0.05, 0) is 37.3 Å². The van der Waals surface area contributed by atoms with Crippen LogP contribution in [0.3, 0.4) is 0 Å². The summed E-state index contributed by atoms with van der Waals surface area (Å²) in [5, 5.41) is 2.33. The van der Waals surface area contributed by atoms with E-state index in [9.17, 15) is 26.4 Å². The van der Waals surface area contributed by atoms with Crippen molar-refractivity contribution in [1.29, 1.82) is 0 Å². The van der Waals surface area contributed by atoms with Gasteiger partial charge < -0.3 is 10.1 Å². The lowest BCUT2D eigenvalue weighted by Crippen LogP contribution is -2.45. The summed E-state index contributed by atoms with van der Waals surface area (Å²) in [7, 11) is -2.46. The molecule has 10 heteroatoms. The SMILES string of the molecule is COc1cccc(N([C@@H](C)C(=O)Nc2cccc(C(F)(F)F)c2)S(C)(=O)=O)c1. The largest absolute Gasteiger partial charge is 0.497 e. The third-order valence-corrected chi connectivity index (χ3v) is 5.10. The molecule has 28 heavy (non-hydrogen) atoms. The lowest BCUT2D eigenvalue weighted by atomic mass is 10.2. The predicted octanol–water partition coefficient (Wildman–Crippen LogP) is 3.51. The Balaban J connectivity index is 2.32. The topological polar surface area (TPSA) is 75.7 Å². The molecule has 0 spiro atoms. The number of sulfonamides is 1. The lowest BCUT2D eigenvalue weighted by molar-refractivity contribution is -0.137. The van der Waals surface area contributed by atoms with Gasteiger partial charge in [-0.1, -0.05) is 12.1 Å². The fourth-order valence-corrected chi connectivity index (χ4v) is 3.74. The van der Waals surface area contributed by atoms with Crippen LogP contribution >= 0.6 is 0 Å². The van der Waals surface area contributed by atoms with Crippen molar-refractivity contribution in [3.8, 4) is 5.75 Å². The molecular formula is C18H19F3N2O4S. The van der Waals surface area contributed by atoms with Crippen LogP contribution in [0.2, 0.25) is 0 Å². The van der Waals surface area contributed by atoms with E-state index in [-0.39, 0.29) is 11.4 Å². The van der Waals surface area contributed by atoms with Crippen LogP contribution in [-0.2, 0) is 21.0 Å². The van der Waals surface area contributed by atoms with Crippen LogP contribution in [0.1, 0.15) is 12.5 Å². The van der Waals surface area contributed by atoms with Crippen molar-refractivity contribution in [2.24, 2.45) is 0 Å². The highest BCUT2D eigenvalue weighted by Crippen LogP contribution is 2.31. The second-order valence-electron chi connectivity index (χ2n) is 6.00. The van der Waals surface area contributed by atoms with E-state index < -0.39 is 33.7 Å². The quantitative estimate of drug-likeness (QED) is 0.782. The number of anilines is 2. The minimum absolute atomic E-state index is 0.0919. The molecule has 1 amide bonds. The van der Waals surface area contributed by atoms with Gasteiger partial charge in [-0.3, -0.25) is 9.10 Å². The smallest absolute Gasteiger partial charge is 0.416 e. The Morgan fingerprint density at radius 3 is 2.36 bits per heavy atom. The molecule has 6 nitrogen and oxygen atoms in total. The molecule has 2 aromatic carbocycles. The first-order chi connectivity index (χ1) is 12.9. The van der Waals surface area contributed by atoms with Gasteiger partial charge in [0.15, 0.2) is 0 Å². The number of alkyl halides is 3. The molecule has 0 aliphatic heterocycles. The van der Waals surface area contributed by atoms with Gasteiger partial charge in [0.2, 0.25) is 15.9 Å². The third kappa shape index (κ3) is 5.16. The molecule has 0 aromatic heterocycles. The first kappa shape index (κ1) is 21.5. The van der Waals surface area contributed by atoms with Crippen LogP contribution < -0.4 is 14.4 Å². The fraction of sp³-hybridized carbons (Fsp3) is 0.278.